The lowest BCUT2D eigenvalue weighted by molar-refractivity contribution is -0.142. The summed E-state index contributed by atoms with van der Waals surface area (Å²) in [5.74, 6) is -0.962. The number of nitrogens with zero attached hydrogens (tertiary/aromatic N) is 2. The van der Waals surface area contributed by atoms with Crippen LogP contribution in [0.2, 0.25) is 0 Å². The number of aryl methyl sites for hydroxylation is 1. The minimum Gasteiger partial charge on any atom is -0.480 e. The molecule has 0 bridgehead atoms. The molecule has 6 nitrogen and oxygen atoms in total. The van der Waals surface area contributed by atoms with Gasteiger partial charge in [0, 0.05) is 12.7 Å². The number of amides is 2. The van der Waals surface area contributed by atoms with Gasteiger partial charge >= 0.3 is 12.0 Å². The molecule has 2 unspecified atom stereocenters. The van der Waals surface area contributed by atoms with E-state index in [0.29, 0.717) is 19.5 Å². The number of hydrogen-bond acceptors (Lipinski definition) is 3. The van der Waals surface area contributed by atoms with Crippen molar-refractivity contribution in [2.75, 3.05) is 6.54 Å². The molecule has 0 radical (unpaired) electrons. The summed E-state index contributed by atoms with van der Waals surface area (Å²) in [6.45, 7) is 4.69. The van der Waals surface area contributed by atoms with Crippen LogP contribution < -0.4 is 5.32 Å². The quantitative estimate of drug-likeness (QED) is 0.883. The highest BCUT2D eigenvalue weighted by Crippen LogP contribution is 2.24. The van der Waals surface area contributed by atoms with Gasteiger partial charge in [-0.2, -0.15) is 0 Å². The molecule has 0 aliphatic carbocycles. The molecule has 6 heteroatoms. The van der Waals surface area contributed by atoms with Crippen molar-refractivity contribution in [3.8, 4) is 0 Å². The summed E-state index contributed by atoms with van der Waals surface area (Å²) >= 11 is 0. The minimum atomic E-state index is -0.942. The van der Waals surface area contributed by atoms with Crippen LogP contribution in [0.4, 0.5) is 4.79 Å². The van der Waals surface area contributed by atoms with Crippen molar-refractivity contribution in [3.05, 3.63) is 29.6 Å². The zero-order valence-corrected chi connectivity index (χ0v) is 12.4. The zero-order chi connectivity index (χ0) is 15.4. The van der Waals surface area contributed by atoms with E-state index >= 15 is 0 Å². The van der Waals surface area contributed by atoms with E-state index in [-0.39, 0.29) is 11.9 Å². The van der Waals surface area contributed by atoms with Crippen LogP contribution in [0.25, 0.3) is 0 Å². The molecule has 0 saturated carbocycles. The van der Waals surface area contributed by atoms with Gasteiger partial charge in [0.15, 0.2) is 0 Å². The number of carboxylic acids is 1. The molecule has 0 aromatic carbocycles. The van der Waals surface area contributed by atoms with Gasteiger partial charge in [-0.3, -0.25) is 4.98 Å². The van der Waals surface area contributed by atoms with Crippen LogP contribution in [0.3, 0.4) is 0 Å². The first-order valence-corrected chi connectivity index (χ1v) is 7.24. The summed E-state index contributed by atoms with van der Waals surface area (Å²) in [6.07, 6.45) is 3.25. The molecule has 1 aromatic rings. The van der Waals surface area contributed by atoms with Crippen molar-refractivity contribution in [2.45, 2.75) is 39.3 Å². The number of carbonyl (C=O) groups excluding carboxylic acids is 1. The average Bonchev–Trinajstić information content (AvgIpc) is 2.87. The van der Waals surface area contributed by atoms with Crippen molar-refractivity contribution in [1.82, 2.24) is 15.2 Å². The second-order valence-electron chi connectivity index (χ2n) is 5.36. The molecule has 1 aliphatic rings. The molecule has 2 rings (SSSR count). The molecule has 1 saturated heterocycles. The number of rotatable bonds is 4. The first-order chi connectivity index (χ1) is 10.0. The lowest BCUT2D eigenvalue weighted by Crippen LogP contribution is -2.47. The fraction of sp³-hybridized carbons (Fsp3) is 0.533. The number of aromatic nitrogens is 1. The van der Waals surface area contributed by atoms with Gasteiger partial charge in [0.2, 0.25) is 0 Å². The van der Waals surface area contributed by atoms with Gasteiger partial charge in [-0.05, 0) is 30.4 Å². The van der Waals surface area contributed by atoms with Crippen LogP contribution in [0.15, 0.2) is 18.3 Å². The predicted molar refractivity (Wildman–Crippen MR) is 77.8 cm³/mol. The van der Waals surface area contributed by atoms with E-state index < -0.39 is 12.0 Å². The highest BCUT2D eigenvalue weighted by molar-refractivity contribution is 5.83. The second-order valence-corrected chi connectivity index (χ2v) is 5.36. The molecule has 2 N–H and O–H groups in total. The lowest BCUT2D eigenvalue weighted by Gasteiger charge is -2.23. The summed E-state index contributed by atoms with van der Waals surface area (Å²) in [4.78, 5) is 29.1. The minimum absolute atomic E-state index is 0.0192. The van der Waals surface area contributed by atoms with Crippen molar-refractivity contribution in [3.63, 3.8) is 0 Å². The van der Waals surface area contributed by atoms with Crippen LogP contribution in [0.5, 0.6) is 0 Å². The standard InChI is InChI=1S/C15H21N3O3/c1-3-11-5-4-7-16-12(11)9-17-15(21)18-8-6-10(2)13(18)14(19)20/h4-5,7,10,13H,3,6,8-9H2,1-2H3,(H,17,21)(H,19,20). The van der Waals surface area contributed by atoms with E-state index in [2.05, 4.69) is 10.3 Å². The molecule has 2 heterocycles. The summed E-state index contributed by atoms with van der Waals surface area (Å²) in [6, 6.07) is 2.78. The van der Waals surface area contributed by atoms with Gasteiger partial charge in [0.25, 0.3) is 0 Å². The lowest BCUT2D eigenvalue weighted by atomic mass is 10.0. The zero-order valence-electron chi connectivity index (χ0n) is 12.4. The first-order valence-electron chi connectivity index (χ1n) is 7.24. The summed E-state index contributed by atoms with van der Waals surface area (Å²) in [5.41, 5.74) is 1.91. The second kappa shape index (κ2) is 6.56. The largest absolute Gasteiger partial charge is 0.480 e. The van der Waals surface area contributed by atoms with Crippen molar-refractivity contribution in [1.29, 1.82) is 0 Å². The molecule has 114 valence electrons. The summed E-state index contributed by atoms with van der Waals surface area (Å²) < 4.78 is 0. The van der Waals surface area contributed by atoms with Crippen LogP contribution in [-0.4, -0.2) is 39.6 Å². The van der Waals surface area contributed by atoms with E-state index in [1.54, 1.807) is 6.20 Å². The number of likely N-dealkylation sites (tertiary alicyclic amines) is 1. The Morgan fingerprint density at radius 3 is 2.95 bits per heavy atom. The predicted octanol–water partition coefficient (Wildman–Crippen LogP) is 1.65. The molecule has 2 atom stereocenters. The van der Waals surface area contributed by atoms with E-state index in [1.807, 2.05) is 26.0 Å². The Morgan fingerprint density at radius 2 is 2.29 bits per heavy atom. The number of nitrogens with one attached hydrogen (secondary N) is 1. The molecular formula is C15H21N3O3. The maximum absolute atomic E-state index is 12.2. The third kappa shape index (κ3) is 3.32. The number of hydrogen-bond donors (Lipinski definition) is 2. The maximum Gasteiger partial charge on any atom is 0.326 e. The SMILES string of the molecule is CCc1cccnc1CNC(=O)N1CCC(C)C1C(=O)O. The fourth-order valence-electron chi connectivity index (χ4n) is 2.76. The Bertz CT molecular complexity index is 533. The van der Waals surface area contributed by atoms with Gasteiger partial charge in [0.1, 0.15) is 6.04 Å². The summed E-state index contributed by atoms with van der Waals surface area (Å²) in [5, 5.41) is 12.0. The molecular weight excluding hydrogens is 270 g/mol. The number of carbonyl (C=O) groups is 2. The highest BCUT2D eigenvalue weighted by atomic mass is 16.4. The van der Waals surface area contributed by atoms with E-state index in [1.165, 1.54) is 4.90 Å². The van der Waals surface area contributed by atoms with Crippen LogP contribution in [-0.2, 0) is 17.8 Å². The van der Waals surface area contributed by atoms with E-state index in [9.17, 15) is 14.7 Å². The van der Waals surface area contributed by atoms with Gasteiger partial charge < -0.3 is 15.3 Å². The maximum atomic E-state index is 12.2. The molecule has 1 aromatic heterocycles. The highest BCUT2D eigenvalue weighted by Gasteiger charge is 2.39. The Balaban J connectivity index is 2.00. The summed E-state index contributed by atoms with van der Waals surface area (Å²) in [7, 11) is 0. The number of aliphatic carboxylic acids is 1. The topological polar surface area (TPSA) is 82.5 Å². The molecule has 1 aliphatic heterocycles. The van der Waals surface area contributed by atoms with Crippen molar-refractivity contribution >= 4 is 12.0 Å². The number of urea groups is 1. The van der Waals surface area contributed by atoms with Crippen molar-refractivity contribution < 1.29 is 14.7 Å². The van der Waals surface area contributed by atoms with Gasteiger partial charge in [-0.25, -0.2) is 9.59 Å². The Morgan fingerprint density at radius 1 is 1.52 bits per heavy atom. The Labute approximate surface area is 124 Å². The Hall–Kier alpha value is -2.11. The normalized spacial score (nSPS) is 21.3. The third-order valence-electron chi connectivity index (χ3n) is 3.99. The molecule has 0 spiro atoms. The number of carboxylic acid groups (broad SMARTS) is 1. The monoisotopic (exact) mass is 291 g/mol. The molecule has 1 fully saturated rings. The van der Waals surface area contributed by atoms with Gasteiger partial charge in [-0.1, -0.05) is 19.9 Å². The number of pyridine rings is 1. The third-order valence-corrected chi connectivity index (χ3v) is 3.99. The van der Waals surface area contributed by atoms with Crippen LogP contribution >= 0.6 is 0 Å². The fourth-order valence-corrected chi connectivity index (χ4v) is 2.76. The first kappa shape index (κ1) is 15.3. The average molecular weight is 291 g/mol. The Kier molecular flexibility index (Phi) is 4.77. The van der Waals surface area contributed by atoms with Crippen LogP contribution in [0.1, 0.15) is 31.5 Å². The van der Waals surface area contributed by atoms with Crippen molar-refractivity contribution in [2.24, 2.45) is 5.92 Å². The van der Waals surface area contributed by atoms with E-state index in [0.717, 1.165) is 17.7 Å². The van der Waals surface area contributed by atoms with Gasteiger partial charge in [-0.15, -0.1) is 0 Å². The smallest absolute Gasteiger partial charge is 0.326 e. The van der Waals surface area contributed by atoms with Crippen LogP contribution in [0, 0.1) is 5.92 Å². The molecule has 2 amide bonds. The van der Waals surface area contributed by atoms with Gasteiger partial charge in [0.05, 0.1) is 12.2 Å². The molecule has 21 heavy (non-hydrogen) atoms. The van der Waals surface area contributed by atoms with E-state index in [4.69, 9.17) is 0 Å².